The van der Waals surface area contributed by atoms with Gasteiger partial charge in [-0.15, -0.1) is 0 Å². The number of hydrogen-bond acceptors (Lipinski definition) is 3. The maximum Gasteiger partial charge on any atom is 0.228 e. The summed E-state index contributed by atoms with van der Waals surface area (Å²) in [5.74, 6) is 0.312. The lowest BCUT2D eigenvalue weighted by molar-refractivity contribution is -0.119. The van der Waals surface area contributed by atoms with Crippen LogP contribution in [0.4, 0.5) is 5.82 Å². The number of amides is 1. The number of carbonyl (C=O) groups is 1. The minimum absolute atomic E-state index is 0.0635. The standard InChI is InChI=1S/C10H14N4O/c1-4-7(2)10(15)13-9-8(5-11)6-12-14(9)3/h6-7H,4H2,1-3H3,(H,13,15). The lowest BCUT2D eigenvalue weighted by Gasteiger charge is -2.10. The first kappa shape index (κ1) is 11.2. The first-order valence-corrected chi connectivity index (χ1v) is 4.83. The Labute approximate surface area is 88.7 Å². The summed E-state index contributed by atoms with van der Waals surface area (Å²) in [6.45, 7) is 3.79. The summed E-state index contributed by atoms with van der Waals surface area (Å²) >= 11 is 0. The van der Waals surface area contributed by atoms with Crippen LogP contribution in [0.5, 0.6) is 0 Å². The molecule has 0 aliphatic heterocycles. The monoisotopic (exact) mass is 206 g/mol. The summed E-state index contributed by atoms with van der Waals surface area (Å²) in [6.07, 6.45) is 2.21. The van der Waals surface area contributed by atoms with Crippen LogP contribution in [0, 0.1) is 17.2 Å². The first-order valence-electron chi connectivity index (χ1n) is 4.83. The predicted octanol–water partition coefficient (Wildman–Crippen LogP) is 1.28. The van der Waals surface area contributed by atoms with E-state index < -0.39 is 0 Å². The van der Waals surface area contributed by atoms with E-state index in [9.17, 15) is 4.79 Å². The highest BCUT2D eigenvalue weighted by Crippen LogP contribution is 2.14. The largest absolute Gasteiger partial charge is 0.310 e. The number of nitrogens with zero attached hydrogens (tertiary/aromatic N) is 3. The Morgan fingerprint density at radius 1 is 1.80 bits per heavy atom. The van der Waals surface area contributed by atoms with E-state index >= 15 is 0 Å². The molecule has 1 unspecified atom stereocenters. The molecule has 0 aromatic carbocycles. The molecule has 0 aliphatic carbocycles. The number of anilines is 1. The van der Waals surface area contributed by atoms with E-state index in [2.05, 4.69) is 10.4 Å². The van der Waals surface area contributed by atoms with E-state index in [0.29, 0.717) is 11.4 Å². The Morgan fingerprint density at radius 2 is 2.47 bits per heavy atom. The van der Waals surface area contributed by atoms with Gasteiger partial charge in [0.15, 0.2) is 0 Å². The maximum absolute atomic E-state index is 11.6. The summed E-state index contributed by atoms with van der Waals surface area (Å²) in [7, 11) is 1.69. The van der Waals surface area contributed by atoms with Gasteiger partial charge in [-0.3, -0.25) is 9.48 Å². The zero-order chi connectivity index (χ0) is 11.4. The average molecular weight is 206 g/mol. The molecule has 0 bridgehead atoms. The van der Waals surface area contributed by atoms with E-state index in [0.717, 1.165) is 6.42 Å². The second-order valence-electron chi connectivity index (χ2n) is 3.44. The van der Waals surface area contributed by atoms with Crippen LogP contribution in [0.3, 0.4) is 0 Å². The zero-order valence-corrected chi connectivity index (χ0v) is 9.11. The first-order chi connectivity index (χ1) is 7.10. The van der Waals surface area contributed by atoms with Crippen molar-refractivity contribution in [2.45, 2.75) is 20.3 Å². The predicted molar refractivity (Wildman–Crippen MR) is 56.0 cm³/mol. The SMILES string of the molecule is CCC(C)C(=O)Nc1c(C#N)cnn1C. The molecule has 0 fully saturated rings. The quantitative estimate of drug-likeness (QED) is 0.809. The maximum atomic E-state index is 11.6. The zero-order valence-electron chi connectivity index (χ0n) is 9.11. The second-order valence-corrected chi connectivity index (χ2v) is 3.44. The molecular formula is C10H14N4O. The highest BCUT2D eigenvalue weighted by Gasteiger charge is 2.15. The fourth-order valence-electron chi connectivity index (χ4n) is 1.09. The lowest BCUT2D eigenvalue weighted by Crippen LogP contribution is -2.21. The Bertz CT molecular complexity index is 402. The number of hydrogen-bond donors (Lipinski definition) is 1. The van der Waals surface area contributed by atoms with Crippen molar-refractivity contribution < 1.29 is 4.79 Å². The van der Waals surface area contributed by atoms with Gasteiger partial charge in [0.2, 0.25) is 5.91 Å². The van der Waals surface area contributed by atoms with Crippen molar-refractivity contribution in [3.05, 3.63) is 11.8 Å². The third-order valence-corrected chi connectivity index (χ3v) is 2.36. The number of aromatic nitrogens is 2. The van der Waals surface area contributed by atoms with Gasteiger partial charge in [-0.2, -0.15) is 10.4 Å². The number of nitrogens with one attached hydrogen (secondary N) is 1. The van der Waals surface area contributed by atoms with Gasteiger partial charge in [-0.25, -0.2) is 0 Å². The van der Waals surface area contributed by atoms with Gasteiger partial charge in [-0.05, 0) is 6.42 Å². The smallest absolute Gasteiger partial charge is 0.228 e. The second kappa shape index (κ2) is 4.60. The Morgan fingerprint density at radius 3 is 3.00 bits per heavy atom. The van der Waals surface area contributed by atoms with Crippen LogP contribution in [0.1, 0.15) is 25.8 Å². The van der Waals surface area contributed by atoms with Gasteiger partial charge in [0.05, 0.1) is 6.20 Å². The normalized spacial score (nSPS) is 11.9. The van der Waals surface area contributed by atoms with Gasteiger partial charge < -0.3 is 5.32 Å². The Kier molecular flexibility index (Phi) is 3.45. The van der Waals surface area contributed by atoms with Crippen molar-refractivity contribution in [1.82, 2.24) is 9.78 Å². The van der Waals surface area contributed by atoms with Gasteiger partial charge in [0.25, 0.3) is 0 Å². The average Bonchev–Trinajstić information content (AvgIpc) is 2.59. The van der Waals surface area contributed by atoms with Gasteiger partial charge in [0.1, 0.15) is 17.5 Å². The molecule has 1 heterocycles. The van der Waals surface area contributed by atoms with Crippen LogP contribution < -0.4 is 5.32 Å². The van der Waals surface area contributed by atoms with Gasteiger partial charge in [-0.1, -0.05) is 13.8 Å². The molecule has 80 valence electrons. The molecule has 0 radical (unpaired) electrons. The number of nitriles is 1. The van der Waals surface area contributed by atoms with Crippen molar-refractivity contribution in [3.63, 3.8) is 0 Å². The summed E-state index contributed by atoms with van der Waals surface area (Å²) < 4.78 is 1.48. The summed E-state index contributed by atoms with van der Waals surface area (Å²) in [6, 6.07) is 1.98. The fourth-order valence-corrected chi connectivity index (χ4v) is 1.09. The minimum Gasteiger partial charge on any atom is -0.310 e. The number of rotatable bonds is 3. The number of aryl methyl sites for hydroxylation is 1. The van der Waals surface area contributed by atoms with Crippen molar-refractivity contribution in [1.29, 1.82) is 5.26 Å². The molecule has 0 spiro atoms. The molecule has 5 heteroatoms. The topological polar surface area (TPSA) is 70.7 Å². The van der Waals surface area contributed by atoms with Crippen LogP contribution in [-0.4, -0.2) is 15.7 Å². The molecule has 0 aliphatic rings. The van der Waals surface area contributed by atoms with E-state index in [1.54, 1.807) is 7.05 Å². The molecule has 15 heavy (non-hydrogen) atoms. The molecule has 1 rings (SSSR count). The summed E-state index contributed by atoms with van der Waals surface area (Å²) in [5, 5.41) is 15.4. The van der Waals surface area contributed by atoms with Crippen LogP contribution in [0.15, 0.2) is 6.20 Å². The molecule has 5 nitrogen and oxygen atoms in total. The van der Waals surface area contributed by atoms with Crippen molar-refractivity contribution in [2.75, 3.05) is 5.32 Å². The van der Waals surface area contributed by atoms with Gasteiger partial charge >= 0.3 is 0 Å². The molecular weight excluding hydrogens is 192 g/mol. The molecule has 1 aromatic rings. The molecule has 0 saturated heterocycles. The Hall–Kier alpha value is -1.83. The molecule has 1 aromatic heterocycles. The van der Waals surface area contributed by atoms with Crippen LogP contribution in [0.2, 0.25) is 0 Å². The summed E-state index contributed by atoms with van der Waals surface area (Å²) in [4.78, 5) is 11.6. The van der Waals surface area contributed by atoms with Crippen LogP contribution in [-0.2, 0) is 11.8 Å². The van der Waals surface area contributed by atoms with Crippen molar-refractivity contribution in [2.24, 2.45) is 13.0 Å². The van der Waals surface area contributed by atoms with Crippen LogP contribution >= 0.6 is 0 Å². The van der Waals surface area contributed by atoms with E-state index in [1.165, 1.54) is 10.9 Å². The molecule has 1 atom stereocenters. The lowest BCUT2D eigenvalue weighted by atomic mass is 10.1. The van der Waals surface area contributed by atoms with Crippen molar-refractivity contribution >= 4 is 11.7 Å². The van der Waals surface area contributed by atoms with Crippen molar-refractivity contribution in [3.8, 4) is 6.07 Å². The van der Waals surface area contributed by atoms with E-state index in [-0.39, 0.29) is 11.8 Å². The molecule has 1 amide bonds. The molecule has 1 N–H and O–H groups in total. The van der Waals surface area contributed by atoms with Crippen LogP contribution in [0.25, 0.3) is 0 Å². The van der Waals surface area contributed by atoms with E-state index in [1.807, 2.05) is 19.9 Å². The minimum atomic E-state index is -0.0856. The summed E-state index contributed by atoms with van der Waals surface area (Å²) in [5.41, 5.74) is 0.383. The van der Waals surface area contributed by atoms with Gasteiger partial charge in [0, 0.05) is 13.0 Å². The number of carbonyl (C=O) groups excluding carboxylic acids is 1. The van der Waals surface area contributed by atoms with E-state index in [4.69, 9.17) is 5.26 Å². The highest BCUT2D eigenvalue weighted by atomic mass is 16.1. The Balaban J connectivity index is 2.85. The third kappa shape index (κ3) is 2.34. The fraction of sp³-hybridized carbons (Fsp3) is 0.500. The third-order valence-electron chi connectivity index (χ3n) is 2.36. The molecule has 0 saturated carbocycles. The highest BCUT2D eigenvalue weighted by molar-refractivity contribution is 5.92.